The van der Waals surface area contributed by atoms with Gasteiger partial charge in [-0.15, -0.1) is 11.3 Å². The van der Waals surface area contributed by atoms with E-state index in [1.807, 2.05) is 17.2 Å². The molecule has 5 nitrogen and oxygen atoms in total. The van der Waals surface area contributed by atoms with Crippen molar-refractivity contribution in [2.75, 3.05) is 25.0 Å². The van der Waals surface area contributed by atoms with E-state index in [1.165, 1.54) is 29.8 Å². The van der Waals surface area contributed by atoms with E-state index in [2.05, 4.69) is 22.2 Å². The lowest BCUT2D eigenvalue weighted by atomic mass is 10.1. The van der Waals surface area contributed by atoms with Crippen LogP contribution in [-0.4, -0.2) is 40.4 Å². The fourth-order valence-corrected chi connectivity index (χ4v) is 4.02. The minimum Gasteiger partial charge on any atom is -0.369 e. The average molecular weight is 401 g/mol. The number of amides is 1. The zero-order valence-corrected chi connectivity index (χ0v) is 17.1. The Hall–Kier alpha value is -2.54. The quantitative estimate of drug-likeness (QED) is 0.552. The third kappa shape index (κ3) is 4.65. The van der Waals surface area contributed by atoms with Crippen molar-refractivity contribution < 1.29 is 9.18 Å². The Morgan fingerprint density at radius 2 is 2.00 bits per heavy atom. The van der Waals surface area contributed by atoms with Gasteiger partial charge in [-0.1, -0.05) is 25.5 Å². The topological polar surface area (TPSA) is 58.1 Å². The van der Waals surface area contributed by atoms with Crippen LogP contribution in [0.3, 0.4) is 0 Å². The van der Waals surface area contributed by atoms with Gasteiger partial charge in [-0.2, -0.15) is 0 Å². The van der Waals surface area contributed by atoms with E-state index < -0.39 is 0 Å². The van der Waals surface area contributed by atoms with E-state index in [-0.39, 0.29) is 11.7 Å². The van der Waals surface area contributed by atoms with Gasteiger partial charge in [0.2, 0.25) is 5.91 Å². The number of fused-ring (bicyclic) bond motifs is 1. The molecule has 0 aliphatic carbocycles. The van der Waals surface area contributed by atoms with Gasteiger partial charge in [-0.3, -0.25) is 4.79 Å². The first-order valence-corrected chi connectivity index (χ1v) is 10.5. The molecule has 0 aliphatic heterocycles. The SMILES string of the molecule is CCCCN(CC)C(=O)CCNc1ncnc2scc(-c3ccc(F)cc3)c12. The lowest BCUT2D eigenvalue weighted by Crippen LogP contribution is -2.32. The van der Waals surface area contributed by atoms with E-state index in [0.29, 0.717) is 18.8 Å². The molecule has 2 aromatic heterocycles. The number of rotatable bonds is 9. The van der Waals surface area contributed by atoms with Crippen LogP contribution in [-0.2, 0) is 4.79 Å². The summed E-state index contributed by atoms with van der Waals surface area (Å²) >= 11 is 1.52. The molecule has 1 N–H and O–H groups in total. The maximum absolute atomic E-state index is 13.3. The summed E-state index contributed by atoms with van der Waals surface area (Å²) in [5.74, 6) is 0.591. The van der Waals surface area contributed by atoms with Gasteiger partial charge in [0, 0.05) is 37.0 Å². The molecule has 1 aromatic carbocycles. The first kappa shape index (κ1) is 20.2. The smallest absolute Gasteiger partial charge is 0.224 e. The van der Waals surface area contributed by atoms with E-state index >= 15 is 0 Å². The Kier molecular flexibility index (Phi) is 6.92. The first-order valence-electron chi connectivity index (χ1n) is 9.63. The summed E-state index contributed by atoms with van der Waals surface area (Å²) in [6, 6.07) is 6.40. The highest BCUT2D eigenvalue weighted by Crippen LogP contribution is 2.36. The van der Waals surface area contributed by atoms with E-state index in [9.17, 15) is 9.18 Å². The van der Waals surface area contributed by atoms with Crippen LogP contribution in [0.4, 0.5) is 10.2 Å². The van der Waals surface area contributed by atoms with Crippen LogP contribution >= 0.6 is 11.3 Å². The average Bonchev–Trinajstić information content (AvgIpc) is 3.14. The van der Waals surface area contributed by atoms with Crippen molar-refractivity contribution in [1.82, 2.24) is 14.9 Å². The number of hydrogen-bond donors (Lipinski definition) is 1. The molecular formula is C21H25FN4OS. The van der Waals surface area contributed by atoms with E-state index in [4.69, 9.17) is 0 Å². The third-order valence-corrected chi connectivity index (χ3v) is 5.56. The molecule has 0 saturated carbocycles. The molecule has 7 heteroatoms. The highest BCUT2D eigenvalue weighted by atomic mass is 32.1. The van der Waals surface area contributed by atoms with Crippen LogP contribution in [0, 0.1) is 5.82 Å². The normalized spacial score (nSPS) is 11.0. The fourth-order valence-electron chi connectivity index (χ4n) is 3.11. The Labute approximate surface area is 168 Å². The number of thiophene rings is 1. The van der Waals surface area contributed by atoms with Crippen LogP contribution in [0.15, 0.2) is 36.0 Å². The number of unbranched alkanes of at least 4 members (excludes halogenated alkanes) is 1. The molecule has 1 amide bonds. The van der Waals surface area contributed by atoms with Gasteiger partial charge in [0.15, 0.2) is 0 Å². The van der Waals surface area contributed by atoms with Gasteiger partial charge < -0.3 is 10.2 Å². The minimum atomic E-state index is -0.264. The second kappa shape index (κ2) is 9.59. The van der Waals surface area contributed by atoms with Crippen LogP contribution in [0.2, 0.25) is 0 Å². The van der Waals surface area contributed by atoms with Gasteiger partial charge in [0.25, 0.3) is 0 Å². The van der Waals surface area contributed by atoms with E-state index in [1.54, 1.807) is 12.1 Å². The zero-order chi connectivity index (χ0) is 19.9. The van der Waals surface area contributed by atoms with Crippen LogP contribution in [0.5, 0.6) is 0 Å². The molecule has 0 saturated heterocycles. The van der Waals surface area contributed by atoms with Crippen molar-refractivity contribution in [3.8, 4) is 11.1 Å². The molecular weight excluding hydrogens is 375 g/mol. The van der Waals surface area contributed by atoms with Crippen LogP contribution in [0.25, 0.3) is 21.3 Å². The number of carbonyl (C=O) groups is 1. The maximum Gasteiger partial charge on any atom is 0.224 e. The molecule has 0 fully saturated rings. The molecule has 0 spiro atoms. The summed E-state index contributed by atoms with van der Waals surface area (Å²) in [5, 5.41) is 6.21. The number of aromatic nitrogens is 2. The monoisotopic (exact) mass is 400 g/mol. The van der Waals surface area contributed by atoms with Gasteiger partial charge >= 0.3 is 0 Å². The summed E-state index contributed by atoms with van der Waals surface area (Å²) in [6.07, 6.45) is 4.04. The molecule has 0 atom stereocenters. The Morgan fingerprint density at radius 3 is 2.71 bits per heavy atom. The summed E-state index contributed by atoms with van der Waals surface area (Å²) in [5.41, 5.74) is 1.88. The number of anilines is 1. The summed E-state index contributed by atoms with van der Waals surface area (Å²) in [7, 11) is 0. The molecule has 3 rings (SSSR count). The van der Waals surface area contributed by atoms with Crippen LogP contribution in [0.1, 0.15) is 33.1 Å². The van der Waals surface area contributed by atoms with Crippen molar-refractivity contribution in [1.29, 1.82) is 0 Å². The lowest BCUT2D eigenvalue weighted by Gasteiger charge is -2.20. The summed E-state index contributed by atoms with van der Waals surface area (Å²) < 4.78 is 13.3. The number of nitrogens with one attached hydrogen (secondary N) is 1. The molecule has 0 radical (unpaired) electrons. The van der Waals surface area contributed by atoms with Gasteiger partial charge in [-0.25, -0.2) is 14.4 Å². The highest BCUT2D eigenvalue weighted by molar-refractivity contribution is 7.17. The number of carbonyl (C=O) groups excluding carboxylic acids is 1. The standard InChI is InChI=1S/C21H25FN4OS/c1-3-5-12-26(4-2)18(27)10-11-23-20-19-17(13-28-21(19)25-14-24-20)15-6-8-16(22)9-7-15/h6-9,13-14H,3-5,10-12H2,1-2H3,(H,23,24,25). The van der Waals surface area contributed by atoms with Crippen molar-refractivity contribution in [2.24, 2.45) is 0 Å². The minimum absolute atomic E-state index is 0.151. The number of nitrogens with zero attached hydrogens (tertiary/aromatic N) is 3. The molecule has 0 unspecified atom stereocenters. The van der Waals surface area contributed by atoms with Crippen molar-refractivity contribution in [3.63, 3.8) is 0 Å². The highest BCUT2D eigenvalue weighted by Gasteiger charge is 2.15. The second-order valence-electron chi connectivity index (χ2n) is 6.56. The molecule has 28 heavy (non-hydrogen) atoms. The largest absolute Gasteiger partial charge is 0.369 e. The van der Waals surface area contributed by atoms with Crippen molar-refractivity contribution in [3.05, 3.63) is 41.8 Å². The molecule has 0 bridgehead atoms. The Balaban J connectivity index is 1.74. The van der Waals surface area contributed by atoms with Crippen LogP contribution < -0.4 is 5.32 Å². The predicted molar refractivity (Wildman–Crippen MR) is 113 cm³/mol. The first-order chi connectivity index (χ1) is 13.6. The summed E-state index contributed by atoms with van der Waals surface area (Å²) in [4.78, 5) is 23.9. The maximum atomic E-state index is 13.3. The number of halogens is 1. The van der Waals surface area contributed by atoms with Crippen molar-refractivity contribution in [2.45, 2.75) is 33.1 Å². The molecule has 148 valence electrons. The summed E-state index contributed by atoms with van der Waals surface area (Å²) in [6.45, 7) is 6.18. The fraction of sp³-hybridized carbons (Fsp3) is 0.381. The Morgan fingerprint density at radius 1 is 1.21 bits per heavy atom. The van der Waals surface area contributed by atoms with Crippen molar-refractivity contribution >= 4 is 33.3 Å². The zero-order valence-electron chi connectivity index (χ0n) is 16.2. The molecule has 2 heterocycles. The second-order valence-corrected chi connectivity index (χ2v) is 7.42. The third-order valence-electron chi connectivity index (χ3n) is 4.67. The van der Waals surface area contributed by atoms with E-state index in [0.717, 1.165) is 47.3 Å². The molecule has 0 aliphatic rings. The van der Waals surface area contributed by atoms with Gasteiger partial charge in [0.05, 0.1) is 5.39 Å². The van der Waals surface area contributed by atoms with Gasteiger partial charge in [0.1, 0.15) is 22.8 Å². The lowest BCUT2D eigenvalue weighted by molar-refractivity contribution is -0.130. The number of benzene rings is 1. The predicted octanol–water partition coefficient (Wildman–Crippen LogP) is 4.95. The van der Waals surface area contributed by atoms with Gasteiger partial charge in [-0.05, 0) is 31.0 Å². The number of hydrogen-bond acceptors (Lipinski definition) is 5. The molecule has 3 aromatic rings. The Bertz CT molecular complexity index is 926.